The molecule has 0 saturated carbocycles. The highest BCUT2D eigenvalue weighted by Crippen LogP contribution is 2.22. The molecule has 1 fully saturated rings. The Bertz CT molecular complexity index is 921. The summed E-state index contributed by atoms with van der Waals surface area (Å²) in [6.45, 7) is 5.47. The first-order valence-electron chi connectivity index (χ1n) is 9.41. The summed E-state index contributed by atoms with van der Waals surface area (Å²) in [6.07, 6.45) is 0.277. The predicted octanol–water partition coefficient (Wildman–Crippen LogP) is 2.61. The van der Waals surface area contributed by atoms with Crippen LogP contribution in [0.2, 0.25) is 0 Å². The number of benzene rings is 2. The van der Waals surface area contributed by atoms with Crippen LogP contribution in [0.3, 0.4) is 0 Å². The molecule has 0 unspecified atom stereocenters. The maximum Gasteiger partial charge on any atom is 0.243 e. The van der Waals surface area contributed by atoms with Crippen LogP contribution in [0.25, 0.3) is 0 Å². The molecule has 0 atom stereocenters. The lowest BCUT2D eigenvalue weighted by Crippen LogP contribution is -2.50. The smallest absolute Gasteiger partial charge is 0.243 e. The molecule has 28 heavy (non-hydrogen) atoms. The zero-order chi connectivity index (χ0) is 20.1. The molecular formula is C21H26N2O4S. The number of piperazine rings is 1. The first-order valence-corrected chi connectivity index (χ1v) is 10.8. The standard InChI is InChI=1S/C21H26N2O4S/c1-17-8-9-20(18(2)16-17)28(25,26)23-13-11-22(12-14-23)21(24)10-15-27-19-6-4-3-5-7-19/h3-9,16H,10-15H2,1-2H3. The summed E-state index contributed by atoms with van der Waals surface area (Å²) in [7, 11) is -3.54. The SMILES string of the molecule is Cc1ccc(S(=O)(=O)N2CCN(C(=O)CCOc3ccccc3)CC2)c(C)c1. The fourth-order valence-corrected chi connectivity index (χ4v) is 4.96. The van der Waals surface area contributed by atoms with Crippen molar-refractivity contribution in [1.29, 1.82) is 0 Å². The van der Waals surface area contributed by atoms with Crippen molar-refractivity contribution in [3.05, 3.63) is 59.7 Å². The van der Waals surface area contributed by atoms with Crippen LogP contribution in [0.1, 0.15) is 17.5 Å². The third-order valence-electron chi connectivity index (χ3n) is 4.87. The molecule has 7 heteroatoms. The maximum absolute atomic E-state index is 12.9. The number of para-hydroxylation sites is 1. The van der Waals surface area contributed by atoms with E-state index in [1.165, 1.54) is 4.31 Å². The number of ether oxygens (including phenoxy) is 1. The number of carbonyl (C=O) groups excluding carboxylic acids is 1. The van der Waals surface area contributed by atoms with E-state index in [0.717, 1.165) is 16.9 Å². The van der Waals surface area contributed by atoms with Crippen LogP contribution in [0, 0.1) is 13.8 Å². The number of hydrogen-bond acceptors (Lipinski definition) is 4. The van der Waals surface area contributed by atoms with E-state index in [1.54, 1.807) is 11.0 Å². The minimum absolute atomic E-state index is 0.0144. The average Bonchev–Trinajstić information content (AvgIpc) is 2.68. The lowest BCUT2D eigenvalue weighted by molar-refractivity contribution is -0.132. The van der Waals surface area contributed by atoms with E-state index in [1.807, 2.05) is 56.3 Å². The highest BCUT2D eigenvalue weighted by molar-refractivity contribution is 7.89. The van der Waals surface area contributed by atoms with Crippen molar-refractivity contribution >= 4 is 15.9 Å². The Morgan fingerprint density at radius 3 is 2.32 bits per heavy atom. The zero-order valence-electron chi connectivity index (χ0n) is 16.3. The van der Waals surface area contributed by atoms with Gasteiger partial charge < -0.3 is 9.64 Å². The zero-order valence-corrected chi connectivity index (χ0v) is 17.1. The fourth-order valence-electron chi connectivity index (χ4n) is 3.34. The quantitative estimate of drug-likeness (QED) is 0.745. The van der Waals surface area contributed by atoms with Gasteiger partial charge in [0, 0.05) is 26.2 Å². The van der Waals surface area contributed by atoms with Gasteiger partial charge >= 0.3 is 0 Å². The molecule has 1 aliphatic heterocycles. The van der Waals surface area contributed by atoms with Crippen LogP contribution < -0.4 is 4.74 Å². The van der Waals surface area contributed by atoms with Gasteiger partial charge in [0.25, 0.3) is 0 Å². The largest absolute Gasteiger partial charge is 0.493 e. The molecule has 6 nitrogen and oxygen atoms in total. The van der Waals surface area contributed by atoms with Crippen LogP contribution in [0.4, 0.5) is 0 Å². The van der Waals surface area contributed by atoms with Gasteiger partial charge in [0.1, 0.15) is 5.75 Å². The first kappa shape index (κ1) is 20.4. The number of carbonyl (C=O) groups is 1. The predicted molar refractivity (Wildman–Crippen MR) is 108 cm³/mol. The topological polar surface area (TPSA) is 66.9 Å². The molecule has 1 amide bonds. The summed E-state index contributed by atoms with van der Waals surface area (Å²) in [6, 6.07) is 14.7. The summed E-state index contributed by atoms with van der Waals surface area (Å²) in [5, 5.41) is 0. The van der Waals surface area contributed by atoms with Crippen molar-refractivity contribution < 1.29 is 17.9 Å². The second kappa shape index (κ2) is 8.75. The molecule has 1 saturated heterocycles. The van der Waals surface area contributed by atoms with E-state index >= 15 is 0 Å². The van der Waals surface area contributed by atoms with Gasteiger partial charge in [-0.05, 0) is 37.6 Å². The number of aryl methyl sites for hydroxylation is 2. The van der Waals surface area contributed by atoms with Crippen molar-refractivity contribution in [2.45, 2.75) is 25.2 Å². The molecule has 0 N–H and O–H groups in total. The normalized spacial score (nSPS) is 15.4. The van der Waals surface area contributed by atoms with Crippen molar-refractivity contribution in [3.63, 3.8) is 0 Å². The van der Waals surface area contributed by atoms with E-state index in [4.69, 9.17) is 4.74 Å². The number of nitrogens with zero attached hydrogens (tertiary/aromatic N) is 2. The number of hydrogen-bond donors (Lipinski definition) is 0. The molecular weight excluding hydrogens is 376 g/mol. The van der Waals surface area contributed by atoms with Crippen molar-refractivity contribution in [1.82, 2.24) is 9.21 Å². The molecule has 2 aromatic rings. The summed E-state index contributed by atoms with van der Waals surface area (Å²) < 4.78 is 32.9. The van der Waals surface area contributed by atoms with Crippen LogP contribution in [0.15, 0.2) is 53.4 Å². The molecule has 2 aromatic carbocycles. The number of rotatable bonds is 6. The Hall–Kier alpha value is -2.38. The summed E-state index contributed by atoms with van der Waals surface area (Å²) >= 11 is 0. The fraction of sp³-hybridized carbons (Fsp3) is 0.381. The Balaban J connectivity index is 1.52. The van der Waals surface area contributed by atoms with E-state index in [0.29, 0.717) is 37.7 Å². The lowest BCUT2D eigenvalue weighted by atomic mass is 10.2. The van der Waals surface area contributed by atoms with Gasteiger partial charge in [-0.2, -0.15) is 4.31 Å². The average molecular weight is 403 g/mol. The molecule has 0 spiro atoms. The second-order valence-corrected chi connectivity index (χ2v) is 8.87. The van der Waals surface area contributed by atoms with Gasteiger partial charge in [-0.25, -0.2) is 8.42 Å². The monoisotopic (exact) mass is 402 g/mol. The Morgan fingerprint density at radius 2 is 1.68 bits per heavy atom. The van der Waals surface area contributed by atoms with E-state index < -0.39 is 10.0 Å². The van der Waals surface area contributed by atoms with E-state index in [9.17, 15) is 13.2 Å². The third kappa shape index (κ3) is 4.72. The van der Waals surface area contributed by atoms with Crippen LogP contribution in [-0.2, 0) is 14.8 Å². The maximum atomic E-state index is 12.9. The van der Waals surface area contributed by atoms with Crippen LogP contribution >= 0.6 is 0 Å². The molecule has 0 aliphatic carbocycles. The Kier molecular flexibility index (Phi) is 6.36. The minimum atomic E-state index is -3.54. The van der Waals surface area contributed by atoms with E-state index in [2.05, 4.69) is 0 Å². The number of amides is 1. The van der Waals surface area contributed by atoms with Crippen molar-refractivity contribution in [2.75, 3.05) is 32.8 Å². The highest BCUT2D eigenvalue weighted by atomic mass is 32.2. The number of sulfonamides is 1. The molecule has 150 valence electrons. The lowest BCUT2D eigenvalue weighted by Gasteiger charge is -2.34. The first-order chi connectivity index (χ1) is 13.4. The van der Waals surface area contributed by atoms with Gasteiger partial charge in [-0.3, -0.25) is 4.79 Å². The van der Waals surface area contributed by atoms with E-state index in [-0.39, 0.29) is 12.3 Å². The van der Waals surface area contributed by atoms with Gasteiger partial charge in [0.15, 0.2) is 0 Å². The molecule has 1 aliphatic rings. The van der Waals surface area contributed by atoms with Crippen LogP contribution in [0.5, 0.6) is 5.75 Å². The van der Waals surface area contributed by atoms with Crippen LogP contribution in [-0.4, -0.2) is 56.3 Å². The van der Waals surface area contributed by atoms with Crippen molar-refractivity contribution in [2.24, 2.45) is 0 Å². The third-order valence-corrected chi connectivity index (χ3v) is 6.93. The summed E-state index contributed by atoms with van der Waals surface area (Å²) in [4.78, 5) is 14.4. The molecule has 3 rings (SSSR count). The highest BCUT2D eigenvalue weighted by Gasteiger charge is 2.30. The molecule has 0 radical (unpaired) electrons. The molecule has 0 bridgehead atoms. The van der Waals surface area contributed by atoms with Crippen molar-refractivity contribution in [3.8, 4) is 5.75 Å². The molecule has 0 aromatic heterocycles. The van der Waals surface area contributed by atoms with Gasteiger partial charge in [-0.15, -0.1) is 0 Å². The van der Waals surface area contributed by atoms with Gasteiger partial charge in [-0.1, -0.05) is 35.9 Å². The molecule has 1 heterocycles. The minimum Gasteiger partial charge on any atom is -0.493 e. The second-order valence-electron chi connectivity index (χ2n) is 6.97. The Labute approximate surface area is 166 Å². The summed E-state index contributed by atoms with van der Waals surface area (Å²) in [5.41, 5.74) is 1.78. The summed E-state index contributed by atoms with van der Waals surface area (Å²) in [5.74, 6) is 0.721. The van der Waals surface area contributed by atoms with Gasteiger partial charge in [0.2, 0.25) is 15.9 Å². The van der Waals surface area contributed by atoms with Gasteiger partial charge in [0.05, 0.1) is 17.9 Å². The Morgan fingerprint density at radius 1 is 1.00 bits per heavy atom.